The average molecular weight is 787 g/mol. The van der Waals surface area contributed by atoms with Crippen LogP contribution in [0.25, 0.3) is 0 Å². The summed E-state index contributed by atoms with van der Waals surface area (Å²) in [6.07, 6.45) is -6.94. The second kappa shape index (κ2) is 19.2. The topological polar surface area (TPSA) is 189 Å². The number of benzene rings is 2. The van der Waals surface area contributed by atoms with E-state index in [4.69, 9.17) is 45.4 Å². The number of aliphatic hydroxyl groups is 2. The van der Waals surface area contributed by atoms with Crippen molar-refractivity contribution in [1.29, 1.82) is 0 Å². The van der Waals surface area contributed by atoms with Crippen LogP contribution in [0, 0.1) is 5.92 Å². The van der Waals surface area contributed by atoms with Gasteiger partial charge in [0.25, 0.3) is 0 Å². The first kappa shape index (κ1) is 42.1. The molecule has 0 amide bonds. The van der Waals surface area contributed by atoms with E-state index in [9.17, 15) is 29.4 Å². The molecule has 2 aromatic rings. The molecule has 0 bridgehead atoms. The monoisotopic (exact) mass is 786 g/mol. The first-order valence-electron chi connectivity index (χ1n) is 18.3. The summed E-state index contributed by atoms with van der Waals surface area (Å²) in [5.41, 5.74) is 3.06. The molecule has 2 aromatic carbocycles. The molecule has 3 N–H and O–H groups in total. The van der Waals surface area contributed by atoms with Gasteiger partial charge in [0.05, 0.1) is 29.9 Å². The zero-order valence-corrected chi connectivity index (χ0v) is 32.4. The van der Waals surface area contributed by atoms with Crippen molar-refractivity contribution >= 4 is 46.8 Å². The fourth-order valence-electron chi connectivity index (χ4n) is 7.20. The fourth-order valence-corrected chi connectivity index (χ4v) is 7.48. The van der Waals surface area contributed by atoms with Gasteiger partial charge in [-0.25, -0.2) is 0 Å². The van der Waals surface area contributed by atoms with Crippen molar-refractivity contribution in [3.63, 3.8) is 0 Å². The van der Waals surface area contributed by atoms with Gasteiger partial charge in [0.2, 0.25) is 0 Å². The lowest BCUT2D eigenvalue weighted by molar-refractivity contribution is -0.276. The minimum Gasteiger partial charge on any atom is -0.463 e. The molecule has 0 spiro atoms. The summed E-state index contributed by atoms with van der Waals surface area (Å²) in [5, 5.41) is 23.0. The van der Waals surface area contributed by atoms with E-state index in [-0.39, 0.29) is 48.9 Å². The first-order valence-corrected chi connectivity index (χ1v) is 18.7. The summed E-state index contributed by atoms with van der Waals surface area (Å²) < 4.78 is 41.3. The van der Waals surface area contributed by atoms with Crippen LogP contribution in [-0.4, -0.2) is 113 Å². The largest absolute Gasteiger partial charge is 0.463 e. The lowest BCUT2D eigenvalue weighted by Crippen LogP contribution is -2.62. The van der Waals surface area contributed by atoms with E-state index in [0.717, 1.165) is 37.1 Å². The van der Waals surface area contributed by atoms with Crippen molar-refractivity contribution in [2.75, 3.05) is 31.6 Å². The Morgan fingerprint density at radius 2 is 1.49 bits per heavy atom. The number of hydrogen-bond acceptors (Lipinski definition) is 15. The zero-order chi connectivity index (χ0) is 39.8. The summed E-state index contributed by atoms with van der Waals surface area (Å²) >= 11 is 5.76. The van der Waals surface area contributed by atoms with Crippen LogP contribution in [-0.2, 0) is 58.9 Å². The molecule has 10 atom stereocenters. The molecular weight excluding hydrogens is 736 g/mol. The predicted octanol–water partition coefficient (Wildman–Crippen LogP) is 3.29. The molecule has 55 heavy (non-hydrogen) atoms. The minimum absolute atomic E-state index is 0.0376. The van der Waals surface area contributed by atoms with Crippen LogP contribution in [0.4, 0.5) is 5.69 Å². The van der Waals surface area contributed by atoms with Crippen molar-refractivity contribution in [2.24, 2.45) is 5.92 Å². The number of thiocarbonyl (C=S) groups is 1. The fraction of sp³-hybridized carbons (Fsp3) is 0.564. The number of carbonyl (C=O) groups is 4. The molecule has 0 radical (unpaired) electrons. The van der Waals surface area contributed by atoms with E-state index < -0.39 is 60.7 Å². The lowest BCUT2D eigenvalue weighted by Gasteiger charge is -2.44. The van der Waals surface area contributed by atoms with Crippen LogP contribution >= 0.6 is 12.2 Å². The third-order valence-corrected chi connectivity index (χ3v) is 9.99. The molecule has 0 aromatic heterocycles. The number of carbonyl (C=O) groups excluding carboxylic acids is 4. The summed E-state index contributed by atoms with van der Waals surface area (Å²) in [6.45, 7) is 8.34. The molecule has 1 unspecified atom stereocenters. The van der Waals surface area contributed by atoms with Crippen LogP contribution in [0.2, 0.25) is 0 Å². The van der Waals surface area contributed by atoms with Crippen LogP contribution in [0.1, 0.15) is 76.5 Å². The molecule has 0 aliphatic carbocycles. The molecule has 5 rings (SSSR count). The highest BCUT2D eigenvalue weighted by Gasteiger charge is 2.52. The molecule has 16 heteroatoms. The van der Waals surface area contributed by atoms with Crippen LogP contribution < -0.4 is 5.32 Å². The van der Waals surface area contributed by atoms with E-state index in [1.807, 2.05) is 48.5 Å². The Bertz CT molecular complexity index is 1670. The van der Waals surface area contributed by atoms with Gasteiger partial charge in [-0.2, -0.15) is 0 Å². The molecule has 3 aliphatic rings. The summed E-state index contributed by atoms with van der Waals surface area (Å²) in [4.78, 5) is 50.8. The SMILES string of the molecule is CC(=O)OC[C@H]1O[C@@H](CC(=S)Nc2cccc(C3O[C@H](CN4CC[C@@H](O)C4)[C@H](C)[C@H](c4ccc(CO)cc4)O3)c2)[C@H](OC(C)=O)[C@@H](OC(C)=O)[C@@H]1OC(C)=O. The van der Waals surface area contributed by atoms with Gasteiger partial charge >= 0.3 is 23.9 Å². The Morgan fingerprint density at radius 1 is 0.836 bits per heavy atom. The predicted molar refractivity (Wildman–Crippen MR) is 199 cm³/mol. The number of esters is 4. The standard InChI is InChI=1S/C39H50N2O13S/c1-21-32(18-41-14-13-30(47)17-41)53-39(54-35(21)27-11-9-26(19-42)10-12-27)28-7-6-8-29(15-28)40-34(55)16-31-36(49-23(3)44)38(51-25(5)46)37(50-24(4)45)33(52-31)20-48-22(2)43/h6-12,15,21,30-33,35-39,42,47H,13-14,16-20H2,1-5H3,(H,40,55)/t21-,30+,31-,32+,33+,35+,36-,37+,38+,39?/m0/s1. The van der Waals surface area contributed by atoms with Gasteiger partial charge in [0, 0.05) is 70.9 Å². The zero-order valence-electron chi connectivity index (χ0n) is 31.6. The van der Waals surface area contributed by atoms with E-state index in [0.29, 0.717) is 25.2 Å². The van der Waals surface area contributed by atoms with E-state index in [1.54, 1.807) is 0 Å². The molecule has 3 heterocycles. The highest BCUT2D eigenvalue weighted by atomic mass is 32.1. The van der Waals surface area contributed by atoms with Crippen molar-refractivity contribution < 1.29 is 62.5 Å². The Hall–Kier alpha value is -4.03. The Balaban J connectivity index is 1.36. The van der Waals surface area contributed by atoms with E-state index >= 15 is 0 Å². The normalized spacial score (nSPS) is 29.5. The van der Waals surface area contributed by atoms with Gasteiger partial charge in [-0.05, 0) is 29.7 Å². The maximum atomic E-state index is 12.3. The maximum absolute atomic E-state index is 12.3. The van der Waals surface area contributed by atoms with Crippen LogP contribution in [0.3, 0.4) is 0 Å². The first-order chi connectivity index (χ1) is 26.2. The maximum Gasteiger partial charge on any atom is 0.303 e. The second-order valence-electron chi connectivity index (χ2n) is 14.1. The van der Waals surface area contributed by atoms with Crippen LogP contribution in [0.5, 0.6) is 0 Å². The lowest BCUT2D eigenvalue weighted by atomic mass is 9.90. The summed E-state index contributed by atoms with van der Waals surface area (Å²) in [7, 11) is 0. The van der Waals surface area contributed by atoms with Gasteiger partial charge in [-0.1, -0.05) is 55.5 Å². The van der Waals surface area contributed by atoms with Crippen molar-refractivity contribution in [1.82, 2.24) is 4.90 Å². The minimum atomic E-state index is -1.30. The number of rotatable bonds is 13. The van der Waals surface area contributed by atoms with E-state index in [1.165, 1.54) is 13.8 Å². The van der Waals surface area contributed by atoms with Crippen molar-refractivity contribution in [3.8, 4) is 0 Å². The molecule has 3 aliphatic heterocycles. The van der Waals surface area contributed by atoms with Crippen molar-refractivity contribution in [2.45, 2.75) is 109 Å². The number of likely N-dealkylation sites (tertiary alicyclic amines) is 1. The van der Waals surface area contributed by atoms with Gasteiger partial charge in [-0.3, -0.25) is 24.1 Å². The smallest absolute Gasteiger partial charge is 0.303 e. The molecule has 3 saturated heterocycles. The number of nitrogens with zero attached hydrogens (tertiary/aromatic N) is 1. The van der Waals surface area contributed by atoms with Gasteiger partial charge in [0.1, 0.15) is 18.8 Å². The summed E-state index contributed by atoms with van der Waals surface area (Å²) in [5.74, 6) is -2.80. The summed E-state index contributed by atoms with van der Waals surface area (Å²) in [6, 6.07) is 15.0. The van der Waals surface area contributed by atoms with E-state index in [2.05, 4.69) is 17.1 Å². The molecule has 15 nitrogen and oxygen atoms in total. The molecule has 3 fully saturated rings. The number of anilines is 1. The molecular formula is C39H50N2O13S. The van der Waals surface area contributed by atoms with Crippen LogP contribution in [0.15, 0.2) is 48.5 Å². The third kappa shape index (κ3) is 11.5. The highest BCUT2D eigenvalue weighted by molar-refractivity contribution is 7.80. The van der Waals surface area contributed by atoms with Gasteiger partial charge in [-0.15, -0.1) is 0 Å². The molecule has 300 valence electrons. The Kier molecular flexibility index (Phi) is 14.7. The number of aliphatic hydroxyl groups excluding tert-OH is 2. The van der Waals surface area contributed by atoms with Gasteiger partial charge < -0.3 is 48.7 Å². The Morgan fingerprint density at radius 3 is 2.09 bits per heavy atom. The van der Waals surface area contributed by atoms with Gasteiger partial charge in [0.15, 0.2) is 24.6 Å². The quantitative estimate of drug-likeness (QED) is 0.152. The average Bonchev–Trinajstić information content (AvgIpc) is 3.54. The number of nitrogens with one attached hydrogen (secondary N) is 1. The second-order valence-corrected chi connectivity index (χ2v) is 14.6. The highest BCUT2D eigenvalue weighted by Crippen LogP contribution is 2.42. The number of hydrogen-bond donors (Lipinski definition) is 3. The number of β-amino-alcohol motifs (C(OH)–C–C–N with tert-alkyl or cyclic N) is 1. The number of ether oxygens (including phenoxy) is 7. The third-order valence-electron chi connectivity index (χ3n) is 9.73. The Labute approximate surface area is 325 Å². The van der Waals surface area contributed by atoms with Crippen molar-refractivity contribution in [3.05, 3.63) is 65.2 Å². The molecule has 0 saturated carbocycles.